The molecular weight excluding hydrogens is 184 g/mol. The average molecular weight is 208 g/mol. The van der Waals surface area contributed by atoms with Crippen LogP contribution in [0.1, 0.15) is 46.1 Å². The largest absolute Gasteiger partial charge is 0.304 e. The minimum atomic E-state index is 0.750. The molecule has 1 nitrogen and oxygen atoms in total. The van der Waals surface area contributed by atoms with Gasteiger partial charge in [0.25, 0.3) is 0 Å². The van der Waals surface area contributed by atoms with E-state index in [1.54, 1.807) is 0 Å². The maximum Gasteiger partial charge on any atom is 0.116 e. The van der Waals surface area contributed by atoms with Gasteiger partial charge in [-0.3, -0.25) is 0 Å². The van der Waals surface area contributed by atoms with Crippen LogP contribution in [0.2, 0.25) is 0 Å². The molecule has 0 fully saturated rings. The Morgan fingerprint density at radius 1 is 1.13 bits per heavy atom. The van der Waals surface area contributed by atoms with Crippen LogP contribution in [0.15, 0.2) is 30.3 Å². The van der Waals surface area contributed by atoms with Crippen molar-refractivity contribution in [1.82, 2.24) is 0 Å². The molecule has 0 saturated heterocycles. The number of rotatable bonds is 3. The lowest BCUT2D eigenvalue weighted by atomic mass is 10.1. The van der Waals surface area contributed by atoms with Gasteiger partial charge in [0.1, 0.15) is 6.29 Å². The van der Waals surface area contributed by atoms with Crippen LogP contribution in [0, 0.1) is 0 Å². The molecule has 1 aromatic carbocycles. The molecule has 1 aromatic rings. The smallest absolute Gasteiger partial charge is 0.116 e. The number of benzene rings is 1. The van der Waals surface area contributed by atoms with E-state index in [-0.39, 0.29) is 0 Å². The maximum atomic E-state index is 8.81. The van der Waals surface area contributed by atoms with E-state index >= 15 is 0 Å². The second kappa shape index (κ2) is 15.4. The highest BCUT2D eigenvalue weighted by Crippen LogP contribution is 2.03. The number of aldehydes is 1. The minimum Gasteiger partial charge on any atom is -0.304 e. The van der Waals surface area contributed by atoms with Gasteiger partial charge in [-0.25, -0.2) is 0 Å². The quantitative estimate of drug-likeness (QED) is 0.678. The molecule has 0 saturated carbocycles. The van der Waals surface area contributed by atoms with Crippen molar-refractivity contribution in [3.63, 3.8) is 0 Å². The Bertz CT molecular complexity index is 204. The lowest BCUT2D eigenvalue weighted by Crippen LogP contribution is -1.81. The highest BCUT2D eigenvalue weighted by molar-refractivity contribution is 5.44. The molecule has 0 aliphatic carbocycles. The van der Waals surface area contributed by atoms with Crippen LogP contribution >= 0.6 is 0 Å². The van der Waals surface area contributed by atoms with Gasteiger partial charge in [-0.2, -0.15) is 0 Å². The molecule has 1 rings (SSSR count). The van der Waals surface area contributed by atoms with Gasteiger partial charge in [0.15, 0.2) is 0 Å². The third kappa shape index (κ3) is 12.9. The zero-order chi connectivity index (χ0) is 11.9. The van der Waals surface area contributed by atoms with Crippen molar-refractivity contribution in [1.29, 1.82) is 0 Å². The summed E-state index contributed by atoms with van der Waals surface area (Å²) in [5, 5.41) is 0. The fourth-order valence-corrected chi connectivity index (χ4v) is 1.03. The third-order valence-corrected chi connectivity index (χ3v) is 1.66. The van der Waals surface area contributed by atoms with Crippen LogP contribution in [0.4, 0.5) is 0 Å². The SMILES string of the molecule is CC.CC=O.CCCCc1ccccc1. The molecule has 0 aromatic heterocycles. The number of hydrogen-bond acceptors (Lipinski definition) is 1. The first-order valence-electron chi connectivity index (χ1n) is 5.78. The predicted molar refractivity (Wildman–Crippen MR) is 68.1 cm³/mol. The maximum absolute atomic E-state index is 8.81. The Labute approximate surface area is 94.5 Å². The third-order valence-electron chi connectivity index (χ3n) is 1.66. The Hall–Kier alpha value is -1.11. The lowest BCUT2D eigenvalue weighted by molar-refractivity contribution is -0.106. The van der Waals surface area contributed by atoms with Gasteiger partial charge < -0.3 is 4.79 Å². The van der Waals surface area contributed by atoms with E-state index in [0.717, 1.165) is 6.29 Å². The number of aryl methyl sites for hydroxylation is 1. The van der Waals surface area contributed by atoms with Gasteiger partial charge in [-0.15, -0.1) is 0 Å². The molecule has 0 aliphatic heterocycles. The van der Waals surface area contributed by atoms with Gasteiger partial charge in [-0.1, -0.05) is 57.5 Å². The van der Waals surface area contributed by atoms with Crippen molar-refractivity contribution in [2.75, 3.05) is 0 Å². The average Bonchev–Trinajstić information content (AvgIpc) is 2.31. The van der Waals surface area contributed by atoms with Gasteiger partial charge in [0, 0.05) is 0 Å². The van der Waals surface area contributed by atoms with Crippen LogP contribution in [-0.2, 0) is 11.2 Å². The Kier molecular flexibility index (Phi) is 16.7. The second-order valence-electron chi connectivity index (χ2n) is 2.82. The van der Waals surface area contributed by atoms with Crippen molar-refractivity contribution < 1.29 is 4.79 Å². The second-order valence-corrected chi connectivity index (χ2v) is 2.82. The van der Waals surface area contributed by atoms with Crippen molar-refractivity contribution in [2.45, 2.75) is 47.0 Å². The lowest BCUT2D eigenvalue weighted by Gasteiger charge is -1.96. The van der Waals surface area contributed by atoms with Gasteiger partial charge in [-0.05, 0) is 25.3 Å². The fourth-order valence-electron chi connectivity index (χ4n) is 1.03. The molecule has 15 heavy (non-hydrogen) atoms. The molecule has 86 valence electrons. The summed E-state index contributed by atoms with van der Waals surface area (Å²) >= 11 is 0. The zero-order valence-electron chi connectivity index (χ0n) is 10.5. The van der Waals surface area contributed by atoms with Crippen LogP contribution in [0.25, 0.3) is 0 Å². The molecule has 0 aliphatic rings. The highest BCUT2D eigenvalue weighted by atomic mass is 16.1. The molecule has 0 amide bonds. The van der Waals surface area contributed by atoms with E-state index in [4.69, 9.17) is 4.79 Å². The molecular formula is C14H24O. The van der Waals surface area contributed by atoms with E-state index in [2.05, 4.69) is 37.3 Å². The van der Waals surface area contributed by atoms with Gasteiger partial charge in [0.05, 0.1) is 0 Å². The number of carbonyl (C=O) groups excluding carboxylic acids is 1. The van der Waals surface area contributed by atoms with E-state index in [0.29, 0.717) is 0 Å². The molecule has 0 atom stereocenters. The number of carbonyl (C=O) groups is 1. The summed E-state index contributed by atoms with van der Waals surface area (Å²) < 4.78 is 0. The summed E-state index contributed by atoms with van der Waals surface area (Å²) in [6, 6.07) is 10.6. The predicted octanol–water partition coefficient (Wildman–Crippen LogP) is 4.26. The molecule has 0 spiro atoms. The van der Waals surface area contributed by atoms with Crippen LogP contribution in [0.3, 0.4) is 0 Å². The topological polar surface area (TPSA) is 17.1 Å². The first-order chi connectivity index (χ1) is 7.35. The zero-order valence-corrected chi connectivity index (χ0v) is 10.5. The van der Waals surface area contributed by atoms with E-state index in [9.17, 15) is 0 Å². The molecule has 0 radical (unpaired) electrons. The normalized spacial score (nSPS) is 7.73. The number of hydrogen-bond donors (Lipinski definition) is 0. The van der Waals surface area contributed by atoms with Crippen molar-refractivity contribution in [3.8, 4) is 0 Å². The summed E-state index contributed by atoms with van der Waals surface area (Å²) in [5.74, 6) is 0. The minimum absolute atomic E-state index is 0.750. The summed E-state index contributed by atoms with van der Waals surface area (Å²) in [7, 11) is 0. The standard InChI is InChI=1S/C10H14.C2H4O.C2H6/c1-2-3-7-10-8-5-4-6-9-10;1-2-3;1-2/h4-6,8-9H,2-3,7H2,1H3;2H,1H3;1-2H3. The number of unbranched alkanes of at least 4 members (excludes halogenated alkanes) is 1. The summed E-state index contributed by atoms with van der Waals surface area (Å²) in [6.07, 6.45) is 4.58. The first kappa shape index (κ1) is 16.3. The van der Waals surface area contributed by atoms with Gasteiger partial charge >= 0.3 is 0 Å². The fraction of sp³-hybridized carbons (Fsp3) is 0.500. The Morgan fingerprint density at radius 2 is 1.60 bits per heavy atom. The van der Waals surface area contributed by atoms with E-state index in [1.807, 2.05) is 13.8 Å². The van der Waals surface area contributed by atoms with E-state index in [1.165, 1.54) is 31.7 Å². The highest BCUT2D eigenvalue weighted by Gasteiger charge is 1.87. The van der Waals surface area contributed by atoms with Crippen molar-refractivity contribution in [3.05, 3.63) is 35.9 Å². The van der Waals surface area contributed by atoms with E-state index < -0.39 is 0 Å². The monoisotopic (exact) mass is 208 g/mol. The molecule has 0 N–H and O–H groups in total. The van der Waals surface area contributed by atoms with Gasteiger partial charge in [0.2, 0.25) is 0 Å². The Morgan fingerprint density at radius 3 is 2.00 bits per heavy atom. The first-order valence-corrected chi connectivity index (χ1v) is 5.78. The molecule has 0 heterocycles. The van der Waals surface area contributed by atoms with Crippen LogP contribution in [0.5, 0.6) is 0 Å². The summed E-state index contributed by atoms with van der Waals surface area (Å²) in [6.45, 7) is 7.67. The van der Waals surface area contributed by atoms with Crippen molar-refractivity contribution >= 4 is 6.29 Å². The Balaban J connectivity index is 0. The molecule has 1 heteroatoms. The molecule has 0 bridgehead atoms. The van der Waals surface area contributed by atoms with Crippen LogP contribution in [-0.4, -0.2) is 6.29 Å². The summed E-state index contributed by atoms with van der Waals surface area (Å²) in [4.78, 5) is 8.81. The summed E-state index contributed by atoms with van der Waals surface area (Å²) in [5.41, 5.74) is 1.46. The molecule has 0 unspecified atom stereocenters. The van der Waals surface area contributed by atoms with Crippen molar-refractivity contribution in [2.24, 2.45) is 0 Å². The van der Waals surface area contributed by atoms with Crippen LogP contribution < -0.4 is 0 Å².